The van der Waals surface area contributed by atoms with Crippen LogP contribution in [0.1, 0.15) is 15.2 Å². The highest BCUT2D eigenvalue weighted by atomic mass is 79.9. The van der Waals surface area contributed by atoms with E-state index in [-0.39, 0.29) is 17.9 Å². The summed E-state index contributed by atoms with van der Waals surface area (Å²) in [5, 5.41) is 10.7. The standard InChI is InChI=1S/C12H8BrFO3S/c13-8-3-11(18-6-8)5-17-10-2-7(12(15)16)1-9(14)4-10/h1-4,6H,5H2,(H,15,16). The molecule has 0 bridgehead atoms. The van der Waals surface area contributed by atoms with Gasteiger partial charge in [-0.2, -0.15) is 0 Å². The number of thiophene rings is 1. The molecule has 0 amide bonds. The summed E-state index contributed by atoms with van der Waals surface area (Å²) in [5.41, 5.74) is -0.127. The molecule has 0 aliphatic rings. The minimum Gasteiger partial charge on any atom is -0.488 e. The van der Waals surface area contributed by atoms with Crippen molar-refractivity contribution < 1.29 is 19.0 Å². The summed E-state index contributed by atoms with van der Waals surface area (Å²) in [5.74, 6) is -1.60. The van der Waals surface area contributed by atoms with E-state index in [2.05, 4.69) is 15.9 Å². The summed E-state index contributed by atoms with van der Waals surface area (Å²) in [4.78, 5) is 11.7. The van der Waals surface area contributed by atoms with E-state index >= 15 is 0 Å². The molecule has 0 saturated heterocycles. The SMILES string of the molecule is O=C(O)c1cc(F)cc(OCc2cc(Br)cs2)c1. The number of hydrogen-bond acceptors (Lipinski definition) is 3. The van der Waals surface area contributed by atoms with E-state index in [1.54, 1.807) is 0 Å². The Hall–Kier alpha value is -1.40. The van der Waals surface area contributed by atoms with Crippen molar-refractivity contribution in [1.82, 2.24) is 0 Å². The molecule has 2 aromatic rings. The van der Waals surface area contributed by atoms with Gasteiger partial charge in [0.25, 0.3) is 0 Å². The Bertz CT molecular complexity index is 582. The zero-order valence-electron chi connectivity index (χ0n) is 9.02. The van der Waals surface area contributed by atoms with Gasteiger partial charge in [0, 0.05) is 20.8 Å². The molecule has 94 valence electrons. The van der Waals surface area contributed by atoms with Crippen LogP contribution in [0.25, 0.3) is 0 Å². The highest BCUT2D eigenvalue weighted by molar-refractivity contribution is 9.10. The average Bonchev–Trinajstić information content (AvgIpc) is 2.72. The third kappa shape index (κ3) is 3.30. The molecule has 1 aromatic carbocycles. The summed E-state index contributed by atoms with van der Waals surface area (Å²) in [7, 11) is 0. The van der Waals surface area contributed by atoms with Crippen LogP contribution in [0.5, 0.6) is 5.75 Å². The molecule has 0 aliphatic carbocycles. The summed E-state index contributed by atoms with van der Waals surface area (Å²) in [6.07, 6.45) is 0. The number of rotatable bonds is 4. The zero-order chi connectivity index (χ0) is 13.1. The topological polar surface area (TPSA) is 46.5 Å². The first kappa shape index (κ1) is 13.0. The molecule has 0 radical (unpaired) electrons. The molecule has 1 N–H and O–H groups in total. The van der Waals surface area contributed by atoms with Crippen molar-refractivity contribution in [2.45, 2.75) is 6.61 Å². The van der Waals surface area contributed by atoms with Gasteiger partial charge in [0.1, 0.15) is 18.2 Å². The van der Waals surface area contributed by atoms with Gasteiger partial charge in [0.15, 0.2) is 0 Å². The summed E-state index contributed by atoms with van der Waals surface area (Å²) >= 11 is 4.82. The van der Waals surface area contributed by atoms with Gasteiger partial charge in [0.05, 0.1) is 5.56 Å². The van der Waals surface area contributed by atoms with Gasteiger partial charge in [-0.15, -0.1) is 11.3 Å². The van der Waals surface area contributed by atoms with E-state index in [9.17, 15) is 9.18 Å². The first-order valence-corrected chi connectivity index (χ1v) is 6.61. The number of aromatic carboxylic acids is 1. The van der Waals surface area contributed by atoms with Crippen molar-refractivity contribution >= 4 is 33.2 Å². The summed E-state index contributed by atoms with van der Waals surface area (Å²) in [6.45, 7) is 0.277. The van der Waals surface area contributed by atoms with E-state index in [1.165, 1.54) is 17.4 Å². The maximum Gasteiger partial charge on any atom is 0.335 e. The molecule has 3 nitrogen and oxygen atoms in total. The van der Waals surface area contributed by atoms with E-state index < -0.39 is 11.8 Å². The zero-order valence-corrected chi connectivity index (χ0v) is 11.4. The van der Waals surface area contributed by atoms with Crippen molar-refractivity contribution in [3.05, 3.63) is 50.4 Å². The van der Waals surface area contributed by atoms with Crippen LogP contribution in [0.3, 0.4) is 0 Å². The lowest BCUT2D eigenvalue weighted by Gasteiger charge is -2.05. The van der Waals surface area contributed by atoms with E-state index in [1.807, 2.05) is 11.4 Å². The highest BCUT2D eigenvalue weighted by Gasteiger charge is 2.08. The molecular formula is C12H8BrFO3S. The maximum absolute atomic E-state index is 13.2. The molecule has 0 saturated carbocycles. The van der Waals surface area contributed by atoms with Gasteiger partial charge >= 0.3 is 5.97 Å². The second kappa shape index (κ2) is 5.49. The Morgan fingerprint density at radius 3 is 2.78 bits per heavy atom. The maximum atomic E-state index is 13.2. The Kier molecular flexibility index (Phi) is 3.98. The van der Waals surface area contributed by atoms with Crippen LogP contribution < -0.4 is 4.74 Å². The Balaban J connectivity index is 2.11. The third-order valence-corrected chi connectivity index (χ3v) is 3.79. The van der Waals surface area contributed by atoms with Crippen LogP contribution in [0.4, 0.5) is 4.39 Å². The van der Waals surface area contributed by atoms with Crippen LogP contribution in [-0.2, 0) is 6.61 Å². The van der Waals surface area contributed by atoms with Crippen molar-refractivity contribution in [2.24, 2.45) is 0 Å². The van der Waals surface area contributed by atoms with Crippen molar-refractivity contribution in [3.63, 3.8) is 0 Å². The molecule has 6 heteroatoms. The molecule has 0 aliphatic heterocycles. The van der Waals surface area contributed by atoms with Crippen LogP contribution in [0.2, 0.25) is 0 Å². The Labute approximate surface area is 115 Å². The first-order chi connectivity index (χ1) is 8.54. The van der Waals surface area contributed by atoms with Crippen LogP contribution in [-0.4, -0.2) is 11.1 Å². The Morgan fingerprint density at radius 1 is 1.39 bits per heavy atom. The van der Waals surface area contributed by atoms with Crippen molar-refractivity contribution in [1.29, 1.82) is 0 Å². The van der Waals surface area contributed by atoms with Gasteiger partial charge in [-0.05, 0) is 34.1 Å². The smallest absolute Gasteiger partial charge is 0.335 e. The van der Waals surface area contributed by atoms with Crippen LogP contribution in [0.15, 0.2) is 34.1 Å². The monoisotopic (exact) mass is 330 g/mol. The van der Waals surface area contributed by atoms with Crippen molar-refractivity contribution in [3.8, 4) is 5.75 Å². The first-order valence-electron chi connectivity index (χ1n) is 4.94. The quantitative estimate of drug-likeness (QED) is 0.923. The number of ether oxygens (including phenoxy) is 1. The lowest BCUT2D eigenvalue weighted by Crippen LogP contribution is -2.00. The lowest BCUT2D eigenvalue weighted by molar-refractivity contribution is 0.0695. The molecule has 1 heterocycles. The largest absolute Gasteiger partial charge is 0.488 e. The highest BCUT2D eigenvalue weighted by Crippen LogP contribution is 2.22. The molecule has 1 aromatic heterocycles. The third-order valence-electron chi connectivity index (χ3n) is 2.12. The number of carboxylic acid groups (broad SMARTS) is 1. The van der Waals surface area contributed by atoms with Gasteiger partial charge in [-0.3, -0.25) is 0 Å². The van der Waals surface area contributed by atoms with E-state index in [4.69, 9.17) is 9.84 Å². The molecule has 2 rings (SSSR count). The number of carbonyl (C=O) groups is 1. The molecule has 0 unspecified atom stereocenters. The second-order valence-electron chi connectivity index (χ2n) is 3.50. The van der Waals surface area contributed by atoms with Gasteiger partial charge in [-0.1, -0.05) is 0 Å². The van der Waals surface area contributed by atoms with Gasteiger partial charge in [0.2, 0.25) is 0 Å². The van der Waals surface area contributed by atoms with E-state index in [0.717, 1.165) is 21.5 Å². The predicted molar refractivity (Wildman–Crippen MR) is 69.7 cm³/mol. The lowest BCUT2D eigenvalue weighted by atomic mass is 10.2. The minimum atomic E-state index is -1.18. The molecular weight excluding hydrogens is 323 g/mol. The van der Waals surface area contributed by atoms with Crippen LogP contribution in [0, 0.1) is 5.82 Å². The molecule has 18 heavy (non-hydrogen) atoms. The van der Waals surface area contributed by atoms with E-state index in [0.29, 0.717) is 0 Å². The van der Waals surface area contributed by atoms with Gasteiger partial charge < -0.3 is 9.84 Å². The van der Waals surface area contributed by atoms with Crippen molar-refractivity contribution in [2.75, 3.05) is 0 Å². The average molecular weight is 331 g/mol. The number of hydrogen-bond donors (Lipinski definition) is 1. The second-order valence-corrected chi connectivity index (χ2v) is 5.41. The van der Waals surface area contributed by atoms with Gasteiger partial charge in [-0.25, -0.2) is 9.18 Å². The fourth-order valence-electron chi connectivity index (χ4n) is 1.35. The number of carboxylic acids is 1. The summed E-state index contributed by atoms with van der Waals surface area (Å²) in [6, 6.07) is 5.31. The number of benzene rings is 1. The number of halogens is 2. The fraction of sp³-hybridized carbons (Fsp3) is 0.0833. The molecule has 0 spiro atoms. The Morgan fingerprint density at radius 2 is 2.17 bits per heavy atom. The fourth-order valence-corrected chi connectivity index (χ4v) is 2.72. The summed E-state index contributed by atoms with van der Waals surface area (Å²) < 4.78 is 19.5. The molecule has 0 atom stereocenters. The van der Waals surface area contributed by atoms with Crippen LogP contribution >= 0.6 is 27.3 Å². The normalized spacial score (nSPS) is 10.3. The predicted octanol–water partition coefficient (Wildman–Crippen LogP) is 3.93. The molecule has 0 fully saturated rings. The minimum absolute atomic E-state index is 0.127.